The van der Waals surface area contributed by atoms with Gasteiger partial charge in [0.05, 0.1) is 0 Å². The highest BCUT2D eigenvalue weighted by molar-refractivity contribution is 5.77. The van der Waals surface area contributed by atoms with Crippen molar-refractivity contribution in [2.75, 3.05) is 0 Å². The van der Waals surface area contributed by atoms with Crippen molar-refractivity contribution in [3.8, 4) is 0 Å². The van der Waals surface area contributed by atoms with Crippen LogP contribution in [0.15, 0.2) is 11.6 Å². The summed E-state index contributed by atoms with van der Waals surface area (Å²) in [4.78, 5) is 11.2. The van der Waals surface area contributed by atoms with Crippen LogP contribution in [0, 0.1) is 11.8 Å². The number of hydrogen-bond donors (Lipinski definition) is 1. The lowest BCUT2D eigenvalue weighted by atomic mass is 9.71. The fourth-order valence-corrected chi connectivity index (χ4v) is 2.77. The quantitative estimate of drug-likeness (QED) is 0.615. The van der Waals surface area contributed by atoms with Gasteiger partial charge in [0.2, 0.25) is 5.91 Å². The van der Waals surface area contributed by atoms with Gasteiger partial charge in [0.15, 0.2) is 0 Å². The molecule has 0 aliphatic heterocycles. The van der Waals surface area contributed by atoms with Crippen LogP contribution >= 0.6 is 0 Å². The zero-order chi connectivity index (χ0) is 9.26. The van der Waals surface area contributed by atoms with Gasteiger partial charge in [-0.05, 0) is 38.0 Å². The molecule has 0 spiro atoms. The van der Waals surface area contributed by atoms with Gasteiger partial charge in [0.25, 0.3) is 0 Å². The fourth-order valence-electron chi connectivity index (χ4n) is 2.77. The molecule has 13 heavy (non-hydrogen) atoms. The number of allylic oxidation sites excluding steroid dienone is 2. The van der Waals surface area contributed by atoms with Crippen LogP contribution in [-0.2, 0) is 4.79 Å². The van der Waals surface area contributed by atoms with E-state index in [1.54, 1.807) is 0 Å². The Bertz CT molecular complexity index is 244. The molecule has 2 nitrogen and oxygen atoms in total. The molecule has 2 rings (SSSR count). The highest BCUT2D eigenvalue weighted by Gasteiger charge is 2.32. The summed E-state index contributed by atoms with van der Waals surface area (Å²) in [5.74, 6) is 0.554. The summed E-state index contributed by atoms with van der Waals surface area (Å²) in [6, 6.07) is 0. The van der Waals surface area contributed by atoms with Crippen LogP contribution < -0.4 is 5.73 Å². The topological polar surface area (TPSA) is 43.1 Å². The summed E-state index contributed by atoms with van der Waals surface area (Å²) in [5, 5.41) is 0. The maximum atomic E-state index is 11.2. The molecule has 0 bridgehead atoms. The van der Waals surface area contributed by atoms with Crippen molar-refractivity contribution < 1.29 is 4.79 Å². The second-order valence-electron chi connectivity index (χ2n) is 4.22. The predicted molar refractivity (Wildman–Crippen MR) is 52.0 cm³/mol. The first-order valence-corrected chi connectivity index (χ1v) is 5.27. The van der Waals surface area contributed by atoms with Crippen LogP contribution in [0.2, 0.25) is 0 Å². The number of rotatable bonds is 1. The molecule has 2 heteroatoms. The average molecular weight is 179 g/mol. The maximum Gasteiger partial charge on any atom is 0.221 e. The van der Waals surface area contributed by atoms with E-state index in [0.717, 1.165) is 12.8 Å². The van der Waals surface area contributed by atoms with Crippen LogP contribution in [0.5, 0.6) is 0 Å². The van der Waals surface area contributed by atoms with E-state index in [4.69, 9.17) is 5.73 Å². The van der Waals surface area contributed by atoms with Gasteiger partial charge in [-0.2, -0.15) is 0 Å². The molecule has 1 saturated carbocycles. The Morgan fingerprint density at radius 1 is 1.38 bits per heavy atom. The Balaban J connectivity index is 2.16. The van der Waals surface area contributed by atoms with E-state index in [0.29, 0.717) is 5.92 Å². The maximum absolute atomic E-state index is 11.2. The van der Waals surface area contributed by atoms with Crippen LogP contribution in [0.1, 0.15) is 38.5 Å². The number of primary amides is 1. The van der Waals surface area contributed by atoms with Crippen molar-refractivity contribution in [2.45, 2.75) is 38.5 Å². The minimum Gasteiger partial charge on any atom is -0.369 e. The Kier molecular flexibility index (Phi) is 2.38. The molecule has 72 valence electrons. The van der Waals surface area contributed by atoms with Gasteiger partial charge in [0.1, 0.15) is 0 Å². The molecule has 0 heterocycles. The second kappa shape index (κ2) is 3.52. The van der Waals surface area contributed by atoms with Crippen molar-refractivity contribution in [3.05, 3.63) is 11.6 Å². The SMILES string of the molecule is NC(=O)[C@@H]1CCC=C2CCCC[C@H]21. The molecule has 0 radical (unpaired) electrons. The Labute approximate surface area is 79.2 Å². The van der Waals surface area contributed by atoms with Crippen LogP contribution in [0.3, 0.4) is 0 Å². The van der Waals surface area contributed by atoms with Crippen molar-refractivity contribution in [3.63, 3.8) is 0 Å². The first kappa shape index (κ1) is 8.79. The third-order valence-corrected chi connectivity index (χ3v) is 3.44. The van der Waals surface area contributed by atoms with Crippen LogP contribution in [0.4, 0.5) is 0 Å². The predicted octanol–water partition coefficient (Wildman–Crippen LogP) is 2.00. The molecule has 0 saturated heterocycles. The van der Waals surface area contributed by atoms with E-state index in [9.17, 15) is 4.79 Å². The molecule has 0 unspecified atom stereocenters. The number of nitrogens with two attached hydrogens (primary N) is 1. The number of carbonyl (C=O) groups excluding carboxylic acids is 1. The summed E-state index contributed by atoms with van der Waals surface area (Å²) >= 11 is 0. The van der Waals surface area contributed by atoms with Gasteiger partial charge in [-0.25, -0.2) is 0 Å². The second-order valence-corrected chi connectivity index (χ2v) is 4.22. The van der Waals surface area contributed by atoms with Crippen molar-refractivity contribution in [1.82, 2.24) is 0 Å². The lowest BCUT2D eigenvalue weighted by Crippen LogP contribution is -2.34. The Morgan fingerprint density at radius 3 is 3.00 bits per heavy atom. The molecule has 2 aliphatic carbocycles. The molecule has 0 aromatic rings. The van der Waals surface area contributed by atoms with Crippen molar-refractivity contribution in [2.24, 2.45) is 17.6 Å². The minimum atomic E-state index is -0.0856. The van der Waals surface area contributed by atoms with Crippen molar-refractivity contribution >= 4 is 5.91 Å². The van der Waals surface area contributed by atoms with Gasteiger partial charge in [-0.15, -0.1) is 0 Å². The molecule has 2 aliphatic rings. The zero-order valence-corrected chi connectivity index (χ0v) is 7.96. The smallest absolute Gasteiger partial charge is 0.221 e. The standard InChI is InChI=1S/C11H17NO/c12-11(13)10-7-3-5-8-4-1-2-6-9(8)10/h5,9-10H,1-4,6-7H2,(H2,12,13)/t9-,10-/m1/s1. The van der Waals surface area contributed by atoms with Gasteiger partial charge < -0.3 is 5.73 Å². The number of carbonyl (C=O) groups is 1. The highest BCUT2D eigenvalue weighted by atomic mass is 16.1. The summed E-state index contributed by atoms with van der Waals surface area (Å²) in [6.07, 6.45) is 9.32. The van der Waals surface area contributed by atoms with E-state index < -0.39 is 0 Å². The average Bonchev–Trinajstić information content (AvgIpc) is 2.17. The molecular formula is C11H17NO. The molecule has 0 aromatic heterocycles. The fraction of sp³-hybridized carbons (Fsp3) is 0.727. The first-order valence-electron chi connectivity index (χ1n) is 5.27. The summed E-state index contributed by atoms with van der Waals surface area (Å²) in [6.45, 7) is 0. The monoisotopic (exact) mass is 179 g/mol. The number of fused-ring (bicyclic) bond motifs is 1. The van der Waals surface area contributed by atoms with Gasteiger partial charge in [0, 0.05) is 5.92 Å². The zero-order valence-electron chi connectivity index (χ0n) is 7.96. The van der Waals surface area contributed by atoms with E-state index >= 15 is 0 Å². The lowest BCUT2D eigenvalue weighted by Gasteiger charge is -2.34. The highest BCUT2D eigenvalue weighted by Crippen LogP contribution is 2.39. The lowest BCUT2D eigenvalue weighted by molar-refractivity contribution is -0.123. The van der Waals surface area contributed by atoms with Crippen LogP contribution in [-0.4, -0.2) is 5.91 Å². The van der Waals surface area contributed by atoms with Gasteiger partial charge >= 0.3 is 0 Å². The molecule has 1 amide bonds. The molecular weight excluding hydrogens is 162 g/mol. The number of hydrogen-bond acceptors (Lipinski definition) is 1. The van der Waals surface area contributed by atoms with E-state index in [1.807, 2.05) is 0 Å². The Morgan fingerprint density at radius 2 is 2.23 bits per heavy atom. The molecule has 1 fully saturated rings. The van der Waals surface area contributed by atoms with E-state index in [1.165, 1.54) is 31.3 Å². The number of amides is 1. The summed E-state index contributed by atoms with van der Waals surface area (Å²) in [7, 11) is 0. The summed E-state index contributed by atoms with van der Waals surface area (Å²) in [5.41, 5.74) is 6.92. The normalized spacial score (nSPS) is 33.4. The third-order valence-electron chi connectivity index (χ3n) is 3.44. The van der Waals surface area contributed by atoms with Gasteiger partial charge in [-0.3, -0.25) is 4.79 Å². The minimum absolute atomic E-state index is 0.0856. The van der Waals surface area contributed by atoms with E-state index in [-0.39, 0.29) is 11.8 Å². The Hall–Kier alpha value is -0.790. The molecule has 0 aromatic carbocycles. The largest absolute Gasteiger partial charge is 0.369 e. The van der Waals surface area contributed by atoms with Crippen LogP contribution in [0.25, 0.3) is 0 Å². The first-order chi connectivity index (χ1) is 6.29. The summed E-state index contributed by atoms with van der Waals surface area (Å²) < 4.78 is 0. The molecule has 2 atom stereocenters. The third kappa shape index (κ3) is 1.62. The van der Waals surface area contributed by atoms with Gasteiger partial charge in [-0.1, -0.05) is 18.1 Å². The molecule has 2 N–H and O–H groups in total. The van der Waals surface area contributed by atoms with Crippen molar-refractivity contribution in [1.29, 1.82) is 0 Å². The van der Waals surface area contributed by atoms with E-state index in [2.05, 4.69) is 6.08 Å².